The van der Waals surface area contributed by atoms with E-state index in [1.165, 1.54) is 18.9 Å². The van der Waals surface area contributed by atoms with E-state index in [1.807, 2.05) is 7.05 Å². The molecule has 2 unspecified atom stereocenters. The van der Waals surface area contributed by atoms with Gasteiger partial charge in [0.15, 0.2) is 0 Å². The van der Waals surface area contributed by atoms with Gasteiger partial charge in [-0.1, -0.05) is 13.8 Å². The standard InChI is InChI=1S/C17H26FNO/c1-17(2)8-7-12(11-19-3)15(10-17)14-9-13(18)5-6-16(14)20-4/h5-6,9,12,15,19H,7-8,10-11H2,1-4H3. The van der Waals surface area contributed by atoms with Crippen LogP contribution in [-0.4, -0.2) is 20.7 Å². The minimum absolute atomic E-state index is 0.174. The van der Waals surface area contributed by atoms with E-state index in [0.717, 1.165) is 24.3 Å². The van der Waals surface area contributed by atoms with Gasteiger partial charge in [0.25, 0.3) is 0 Å². The summed E-state index contributed by atoms with van der Waals surface area (Å²) in [6.07, 6.45) is 3.49. The summed E-state index contributed by atoms with van der Waals surface area (Å²) in [5.74, 6) is 1.54. The van der Waals surface area contributed by atoms with Crippen LogP contribution in [0.5, 0.6) is 5.75 Å². The Labute approximate surface area is 121 Å². The van der Waals surface area contributed by atoms with Gasteiger partial charge in [-0.3, -0.25) is 0 Å². The summed E-state index contributed by atoms with van der Waals surface area (Å²) in [7, 11) is 3.65. The third kappa shape index (κ3) is 3.32. The minimum atomic E-state index is -0.174. The van der Waals surface area contributed by atoms with E-state index in [0.29, 0.717) is 17.3 Å². The van der Waals surface area contributed by atoms with Crippen molar-refractivity contribution in [2.24, 2.45) is 11.3 Å². The Morgan fingerprint density at radius 2 is 2.15 bits per heavy atom. The van der Waals surface area contributed by atoms with Crippen LogP contribution in [0, 0.1) is 17.2 Å². The van der Waals surface area contributed by atoms with Crippen LogP contribution in [0.15, 0.2) is 18.2 Å². The molecule has 1 aliphatic carbocycles. The zero-order valence-corrected chi connectivity index (χ0v) is 13.0. The topological polar surface area (TPSA) is 21.3 Å². The normalized spacial score (nSPS) is 25.4. The minimum Gasteiger partial charge on any atom is -0.496 e. The molecule has 3 heteroatoms. The van der Waals surface area contributed by atoms with Crippen LogP contribution in [0.3, 0.4) is 0 Å². The van der Waals surface area contributed by atoms with Crippen LogP contribution in [0.25, 0.3) is 0 Å². The molecule has 1 fully saturated rings. The largest absolute Gasteiger partial charge is 0.496 e. The van der Waals surface area contributed by atoms with Gasteiger partial charge < -0.3 is 10.1 Å². The van der Waals surface area contributed by atoms with E-state index in [4.69, 9.17) is 4.74 Å². The highest BCUT2D eigenvalue weighted by molar-refractivity contribution is 5.38. The number of nitrogens with one attached hydrogen (secondary N) is 1. The molecule has 0 amide bonds. The summed E-state index contributed by atoms with van der Waals surface area (Å²) in [6, 6.07) is 4.89. The maximum absolute atomic E-state index is 13.7. The molecule has 0 spiro atoms. The molecule has 20 heavy (non-hydrogen) atoms. The van der Waals surface area contributed by atoms with Crippen molar-refractivity contribution in [2.45, 2.75) is 39.0 Å². The third-order valence-electron chi connectivity index (χ3n) is 4.59. The van der Waals surface area contributed by atoms with Crippen molar-refractivity contribution in [3.63, 3.8) is 0 Å². The molecule has 1 N–H and O–H groups in total. The zero-order chi connectivity index (χ0) is 14.8. The molecule has 2 nitrogen and oxygen atoms in total. The van der Waals surface area contributed by atoms with Gasteiger partial charge >= 0.3 is 0 Å². The third-order valence-corrected chi connectivity index (χ3v) is 4.59. The van der Waals surface area contributed by atoms with Crippen molar-refractivity contribution < 1.29 is 9.13 Å². The van der Waals surface area contributed by atoms with Gasteiger partial charge in [-0.25, -0.2) is 4.39 Å². The molecular formula is C17H26FNO. The average molecular weight is 279 g/mol. The number of rotatable bonds is 4. The molecule has 0 radical (unpaired) electrons. The molecule has 1 aliphatic rings. The first-order chi connectivity index (χ1) is 9.46. The zero-order valence-electron chi connectivity index (χ0n) is 13.0. The number of hydrogen-bond donors (Lipinski definition) is 1. The summed E-state index contributed by atoms with van der Waals surface area (Å²) in [5, 5.41) is 3.28. The first-order valence-electron chi connectivity index (χ1n) is 7.45. The van der Waals surface area contributed by atoms with Crippen molar-refractivity contribution in [1.29, 1.82) is 0 Å². The monoisotopic (exact) mass is 279 g/mol. The molecular weight excluding hydrogens is 253 g/mol. The number of hydrogen-bond acceptors (Lipinski definition) is 2. The first kappa shape index (κ1) is 15.3. The van der Waals surface area contributed by atoms with Crippen LogP contribution in [0.2, 0.25) is 0 Å². The molecule has 0 aliphatic heterocycles. The number of halogens is 1. The molecule has 1 aromatic rings. The second-order valence-electron chi connectivity index (χ2n) is 6.72. The smallest absolute Gasteiger partial charge is 0.123 e. The van der Waals surface area contributed by atoms with Gasteiger partial charge in [0.2, 0.25) is 0 Å². The van der Waals surface area contributed by atoms with E-state index in [9.17, 15) is 4.39 Å². The lowest BCUT2D eigenvalue weighted by Crippen LogP contribution is -2.34. The predicted octanol–water partition coefficient (Wildman–Crippen LogP) is 3.96. The SMILES string of the molecule is CNCC1CCC(C)(C)CC1c1cc(F)ccc1OC. The number of benzene rings is 1. The Morgan fingerprint density at radius 1 is 1.40 bits per heavy atom. The van der Waals surface area contributed by atoms with E-state index in [-0.39, 0.29) is 5.82 Å². The van der Waals surface area contributed by atoms with Crippen molar-refractivity contribution >= 4 is 0 Å². The second-order valence-corrected chi connectivity index (χ2v) is 6.72. The average Bonchev–Trinajstić information content (AvgIpc) is 2.40. The summed E-state index contributed by atoms with van der Waals surface area (Å²) < 4.78 is 19.1. The molecule has 2 rings (SSSR count). The lowest BCUT2D eigenvalue weighted by molar-refractivity contribution is 0.159. The lowest BCUT2D eigenvalue weighted by Gasteiger charge is -2.41. The summed E-state index contributed by atoms with van der Waals surface area (Å²) in [6.45, 7) is 5.59. The number of ether oxygens (including phenoxy) is 1. The molecule has 1 aromatic carbocycles. The van der Waals surface area contributed by atoms with Crippen molar-refractivity contribution in [3.8, 4) is 5.75 Å². The van der Waals surface area contributed by atoms with Crippen LogP contribution >= 0.6 is 0 Å². The van der Waals surface area contributed by atoms with Gasteiger partial charge in [-0.2, -0.15) is 0 Å². The Hall–Kier alpha value is -1.09. The maximum Gasteiger partial charge on any atom is 0.123 e. The van der Waals surface area contributed by atoms with E-state index < -0.39 is 0 Å². The van der Waals surface area contributed by atoms with E-state index in [2.05, 4.69) is 19.2 Å². The molecule has 112 valence electrons. The quantitative estimate of drug-likeness (QED) is 0.900. The molecule has 0 saturated heterocycles. The van der Waals surface area contributed by atoms with Crippen molar-refractivity contribution in [1.82, 2.24) is 5.32 Å². The van der Waals surface area contributed by atoms with Crippen LogP contribution in [0.1, 0.15) is 44.6 Å². The Balaban J connectivity index is 2.36. The molecule has 0 aromatic heterocycles. The lowest BCUT2D eigenvalue weighted by atomic mass is 9.65. The highest BCUT2D eigenvalue weighted by Gasteiger charge is 2.36. The maximum atomic E-state index is 13.7. The summed E-state index contributed by atoms with van der Waals surface area (Å²) in [4.78, 5) is 0. The number of methoxy groups -OCH3 is 1. The van der Waals surface area contributed by atoms with Crippen molar-refractivity contribution in [3.05, 3.63) is 29.6 Å². The van der Waals surface area contributed by atoms with Gasteiger partial charge in [-0.05, 0) is 68.3 Å². The summed E-state index contributed by atoms with van der Waals surface area (Å²) >= 11 is 0. The fourth-order valence-corrected chi connectivity index (χ4v) is 3.51. The Kier molecular flexibility index (Phi) is 4.69. The Bertz CT molecular complexity index is 458. The highest BCUT2D eigenvalue weighted by atomic mass is 19.1. The van der Waals surface area contributed by atoms with Crippen molar-refractivity contribution in [2.75, 3.05) is 20.7 Å². The Morgan fingerprint density at radius 3 is 2.80 bits per heavy atom. The van der Waals surface area contributed by atoms with E-state index >= 15 is 0 Å². The van der Waals surface area contributed by atoms with Gasteiger partial charge in [0.05, 0.1) is 7.11 Å². The van der Waals surface area contributed by atoms with Gasteiger partial charge in [-0.15, -0.1) is 0 Å². The van der Waals surface area contributed by atoms with E-state index in [1.54, 1.807) is 19.2 Å². The fourth-order valence-electron chi connectivity index (χ4n) is 3.51. The first-order valence-corrected chi connectivity index (χ1v) is 7.45. The summed E-state index contributed by atoms with van der Waals surface area (Å²) in [5.41, 5.74) is 1.34. The second kappa shape index (κ2) is 6.13. The highest BCUT2D eigenvalue weighted by Crippen LogP contribution is 2.48. The molecule has 0 heterocycles. The molecule has 2 atom stereocenters. The van der Waals surface area contributed by atoms with Gasteiger partial charge in [0.1, 0.15) is 11.6 Å². The van der Waals surface area contributed by atoms with Crippen LogP contribution < -0.4 is 10.1 Å². The molecule has 0 bridgehead atoms. The van der Waals surface area contributed by atoms with Crippen LogP contribution in [-0.2, 0) is 0 Å². The fraction of sp³-hybridized carbons (Fsp3) is 0.647. The predicted molar refractivity (Wildman–Crippen MR) is 80.7 cm³/mol. The van der Waals surface area contributed by atoms with Crippen LogP contribution in [0.4, 0.5) is 4.39 Å². The molecule has 1 saturated carbocycles. The van der Waals surface area contributed by atoms with Gasteiger partial charge in [0, 0.05) is 5.56 Å².